The highest BCUT2D eigenvalue weighted by molar-refractivity contribution is 5.95. The fraction of sp³-hybridized carbons (Fsp3) is 0.636. The molecule has 0 amide bonds. The first kappa shape index (κ1) is 22.8. The Morgan fingerprint density at radius 1 is 1.03 bits per heavy atom. The summed E-state index contributed by atoms with van der Waals surface area (Å²) >= 11 is 0. The minimum absolute atomic E-state index is 0.138. The summed E-state index contributed by atoms with van der Waals surface area (Å²) in [4.78, 5) is 24.8. The summed E-state index contributed by atoms with van der Waals surface area (Å²) in [7, 11) is 4.35. The summed E-state index contributed by atoms with van der Waals surface area (Å²) in [5, 5.41) is 0. The number of methoxy groups -OCH3 is 3. The first-order valence-electron chi connectivity index (χ1n) is 9.97. The van der Waals surface area contributed by atoms with Crippen molar-refractivity contribution >= 4 is 11.9 Å². The third-order valence-corrected chi connectivity index (χ3v) is 5.49. The normalized spacial score (nSPS) is 21.4. The van der Waals surface area contributed by atoms with Crippen molar-refractivity contribution in [3.05, 3.63) is 17.7 Å². The predicted octanol–water partition coefficient (Wildman–Crippen LogP) is 3.87. The van der Waals surface area contributed by atoms with Crippen LogP contribution in [0.2, 0.25) is 0 Å². The maximum Gasteiger partial charge on any atom is 0.344 e. The number of carbonyl (C=O) groups is 2. The lowest BCUT2D eigenvalue weighted by atomic mass is 9.75. The van der Waals surface area contributed by atoms with Gasteiger partial charge in [-0.15, -0.1) is 0 Å². The fourth-order valence-corrected chi connectivity index (χ4v) is 3.92. The van der Waals surface area contributed by atoms with Crippen LogP contribution in [0.4, 0.5) is 0 Å². The van der Waals surface area contributed by atoms with E-state index in [9.17, 15) is 9.59 Å². The van der Waals surface area contributed by atoms with Gasteiger partial charge < -0.3 is 23.7 Å². The molecule has 3 atom stereocenters. The molecule has 2 rings (SSSR count). The quantitative estimate of drug-likeness (QED) is 0.604. The molecule has 1 aliphatic carbocycles. The Morgan fingerprint density at radius 3 is 2.31 bits per heavy atom. The first-order valence-corrected chi connectivity index (χ1v) is 9.97. The molecule has 1 aromatic rings. The van der Waals surface area contributed by atoms with E-state index in [0.717, 1.165) is 19.3 Å². The van der Waals surface area contributed by atoms with E-state index in [-0.39, 0.29) is 23.2 Å². The lowest BCUT2D eigenvalue weighted by Crippen LogP contribution is -2.36. The van der Waals surface area contributed by atoms with Crippen LogP contribution in [0.1, 0.15) is 50.4 Å². The highest BCUT2D eigenvalue weighted by Gasteiger charge is 2.33. The van der Waals surface area contributed by atoms with Crippen LogP contribution in [0.25, 0.3) is 0 Å². The molecule has 0 saturated heterocycles. The molecule has 162 valence electrons. The Balaban J connectivity index is 2.02. The largest absolute Gasteiger partial charge is 0.493 e. The molecule has 1 fully saturated rings. The Labute approximate surface area is 172 Å². The van der Waals surface area contributed by atoms with Gasteiger partial charge in [0.2, 0.25) is 5.75 Å². The standard InChI is InChI=1S/C22H32O7/c1-13(2)15-8-7-14(3)11-18(15)29-19(23)12-28-22(24)16-9-10-17(25-4)21(27-6)20(16)26-5/h9-10,13-15,18H,7-8,11-12H2,1-6H3/t14-,15+,18+/m0/s1. The topological polar surface area (TPSA) is 80.3 Å². The number of ether oxygens (including phenoxy) is 5. The van der Waals surface area contributed by atoms with Crippen molar-refractivity contribution in [2.24, 2.45) is 17.8 Å². The highest BCUT2D eigenvalue weighted by Crippen LogP contribution is 2.40. The van der Waals surface area contributed by atoms with E-state index in [1.807, 2.05) is 0 Å². The zero-order valence-electron chi connectivity index (χ0n) is 18.2. The van der Waals surface area contributed by atoms with Crippen LogP contribution in [0.5, 0.6) is 17.2 Å². The highest BCUT2D eigenvalue weighted by atomic mass is 16.6. The van der Waals surface area contributed by atoms with Gasteiger partial charge in [-0.1, -0.05) is 27.2 Å². The zero-order valence-corrected chi connectivity index (χ0v) is 18.2. The number of rotatable bonds is 8. The van der Waals surface area contributed by atoms with Gasteiger partial charge >= 0.3 is 11.9 Å². The zero-order chi connectivity index (χ0) is 21.6. The molecule has 0 radical (unpaired) electrons. The summed E-state index contributed by atoms with van der Waals surface area (Å²) in [5.74, 6) is 0.928. The van der Waals surface area contributed by atoms with E-state index < -0.39 is 18.5 Å². The summed E-state index contributed by atoms with van der Waals surface area (Å²) < 4.78 is 26.6. The molecule has 29 heavy (non-hydrogen) atoms. The Morgan fingerprint density at radius 2 is 1.72 bits per heavy atom. The molecular weight excluding hydrogens is 376 g/mol. The monoisotopic (exact) mass is 408 g/mol. The van der Waals surface area contributed by atoms with Crippen LogP contribution in [-0.4, -0.2) is 46.0 Å². The molecule has 1 aromatic carbocycles. The van der Waals surface area contributed by atoms with E-state index in [4.69, 9.17) is 23.7 Å². The van der Waals surface area contributed by atoms with Crippen molar-refractivity contribution in [1.82, 2.24) is 0 Å². The predicted molar refractivity (Wildman–Crippen MR) is 108 cm³/mol. The van der Waals surface area contributed by atoms with E-state index >= 15 is 0 Å². The van der Waals surface area contributed by atoms with E-state index in [1.165, 1.54) is 27.4 Å². The van der Waals surface area contributed by atoms with Crippen molar-refractivity contribution in [1.29, 1.82) is 0 Å². The number of esters is 2. The van der Waals surface area contributed by atoms with Crippen molar-refractivity contribution in [2.75, 3.05) is 27.9 Å². The molecule has 0 N–H and O–H groups in total. The number of hydrogen-bond donors (Lipinski definition) is 0. The molecule has 0 aliphatic heterocycles. The van der Waals surface area contributed by atoms with Gasteiger partial charge in [0, 0.05) is 0 Å². The lowest BCUT2D eigenvalue weighted by Gasteiger charge is -2.36. The molecule has 0 heterocycles. The second-order valence-corrected chi connectivity index (χ2v) is 7.81. The van der Waals surface area contributed by atoms with E-state index in [0.29, 0.717) is 23.5 Å². The van der Waals surface area contributed by atoms with Crippen LogP contribution < -0.4 is 14.2 Å². The van der Waals surface area contributed by atoms with E-state index in [2.05, 4.69) is 20.8 Å². The number of benzene rings is 1. The molecule has 0 unspecified atom stereocenters. The summed E-state index contributed by atoms with van der Waals surface area (Å²) in [5.41, 5.74) is 0.143. The molecule has 7 heteroatoms. The summed E-state index contributed by atoms with van der Waals surface area (Å²) in [6.45, 7) is 6.00. The second kappa shape index (κ2) is 10.4. The van der Waals surface area contributed by atoms with Crippen LogP contribution in [-0.2, 0) is 14.3 Å². The molecule has 0 bridgehead atoms. The van der Waals surface area contributed by atoms with Crippen LogP contribution in [0.3, 0.4) is 0 Å². The first-order chi connectivity index (χ1) is 13.8. The van der Waals surface area contributed by atoms with Crippen molar-refractivity contribution in [2.45, 2.75) is 46.1 Å². The maximum absolute atomic E-state index is 12.5. The molecule has 7 nitrogen and oxygen atoms in total. The van der Waals surface area contributed by atoms with Crippen molar-refractivity contribution in [3.8, 4) is 17.2 Å². The van der Waals surface area contributed by atoms with Gasteiger partial charge in [0.1, 0.15) is 11.7 Å². The average molecular weight is 408 g/mol. The van der Waals surface area contributed by atoms with Crippen LogP contribution in [0.15, 0.2) is 12.1 Å². The van der Waals surface area contributed by atoms with Gasteiger partial charge in [-0.2, -0.15) is 0 Å². The van der Waals surface area contributed by atoms with Gasteiger partial charge in [0.15, 0.2) is 18.1 Å². The third kappa shape index (κ3) is 5.55. The van der Waals surface area contributed by atoms with Crippen LogP contribution >= 0.6 is 0 Å². The van der Waals surface area contributed by atoms with Gasteiger partial charge in [-0.05, 0) is 42.7 Å². The minimum Gasteiger partial charge on any atom is -0.493 e. The Hall–Kier alpha value is -2.44. The number of carbonyl (C=O) groups excluding carboxylic acids is 2. The maximum atomic E-state index is 12.5. The average Bonchev–Trinajstić information content (AvgIpc) is 2.70. The molecular formula is C22H32O7. The Kier molecular flexibility index (Phi) is 8.17. The lowest BCUT2D eigenvalue weighted by molar-refractivity contribution is -0.159. The third-order valence-electron chi connectivity index (χ3n) is 5.49. The molecule has 0 aromatic heterocycles. The minimum atomic E-state index is -0.697. The molecule has 1 aliphatic rings. The fourth-order valence-electron chi connectivity index (χ4n) is 3.92. The van der Waals surface area contributed by atoms with Gasteiger partial charge in [-0.3, -0.25) is 0 Å². The van der Waals surface area contributed by atoms with Gasteiger partial charge in [0.25, 0.3) is 0 Å². The molecule has 0 spiro atoms. The Bertz CT molecular complexity index is 713. The SMILES string of the molecule is COc1ccc(C(=O)OCC(=O)O[C@@H]2C[C@@H](C)CC[C@@H]2C(C)C)c(OC)c1OC. The number of hydrogen-bond acceptors (Lipinski definition) is 7. The summed E-state index contributed by atoms with van der Waals surface area (Å²) in [6, 6.07) is 3.08. The van der Waals surface area contributed by atoms with Crippen molar-refractivity contribution in [3.63, 3.8) is 0 Å². The van der Waals surface area contributed by atoms with Gasteiger partial charge in [0.05, 0.1) is 21.3 Å². The summed E-state index contributed by atoms with van der Waals surface area (Å²) in [6.07, 6.45) is 2.89. The second-order valence-electron chi connectivity index (χ2n) is 7.81. The van der Waals surface area contributed by atoms with Crippen molar-refractivity contribution < 1.29 is 33.3 Å². The van der Waals surface area contributed by atoms with E-state index in [1.54, 1.807) is 6.07 Å². The smallest absolute Gasteiger partial charge is 0.344 e. The molecule has 1 saturated carbocycles. The van der Waals surface area contributed by atoms with Gasteiger partial charge in [-0.25, -0.2) is 9.59 Å². The van der Waals surface area contributed by atoms with Crippen LogP contribution in [0, 0.1) is 17.8 Å².